The molecule has 0 fully saturated rings. The first-order chi connectivity index (χ1) is 14.1. The Balaban J connectivity index is 1.62. The molecule has 0 bridgehead atoms. The summed E-state index contributed by atoms with van der Waals surface area (Å²) in [4.78, 5) is 15.7. The molecule has 2 N–H and O–H groups in total. The minimum atomic E-state index is -0.320. The number of aromatic nitrogens is 1. The van der Waals surface area contributed by atoms with Gasteiger partial charge in [-0.3, -0.25) is 10.2 Å². The molecule has 2 aromatic carbocycles. The van der Waals surface area contributed by atoms with Crippen LogP contribution in [-0.2, 0) is 16.0 Å². The Morgan fingerprint density at radius 2 is 2.00 bits per heavy atom. The number of ether oxygens (including phenoxy) is 1. The smallest absolute Gasteiger partial charge is 0.311 e. The van der Waals surface area contributed by atoms with Gasteiger partial charge in [0.05, 0.1) is 36.3 Å². The topological polar surface area (TPSA) is 109 Å². The van der Waals surface area contributed by atoms with Crippen LogP contribution in [0, 0.1) is 0 Å². The van der Waals surface area contributed by atoms with Crippen LogP contribution in [0.2, 0.25) is 0 Å². The summed E-state index contributed by atoms with van der Waals surface area (Å²) in [5, 5.41) is 24.7. The van der Waals surface area contributed by atoms with E-state index in [1.54, 1.807) is 24.4 Å². The molecular formula is C20H19N5O3S. The fourth-order valence-corrected chi connectivity index (χ4v) is 2.93. The number of benzene rings is 2. The monoisotopic (exact) mass is 409 g/mol. The highest BCUT2D eigenvalue weighted by molar-refractivity contribution is 7.13. The summed E-state index contributed by atoms with van der Waals surface area (Å²) >= 11 is 1.32. The van der Waals surface area contributed by atoms with Gasteiger partial charge in [0.25, 0.3) is 0 Å². The lowest BCUT2D eigenvalue weighted by Crippen LogP contribution is -2.07. The number of carbonyl (C=O) groups excluding carboxylic acids is 1. The van der Waals surface area contributed by atoms with E-state index in [9.17, 15) is 9.90 Å². The molecule has 8 nitrogen and oxygen atoms in total. The maximum atomic E-state index is 11.5. The van der Waals surface area contributed by atoms with Crippen molar-refractivity contribution in [2.24, 2.45) is 15.3 Å². The molecule has 0 radical (unpaired) electrons. The zero-order chi connectivity index (χ0) is 20.5. The Morgan fingerprint density at radius 3 is 2.79 bits per heavy atom. The summed E-state index contributed by atoms with van der Waals surface area (Å²) in [5.41, 5.74) is 5.19. The predicted octanol–water partition coefficient (Wildman–Crippen LogP) is 4.82. The Hall–Kier alpha value is -3.59. The van der Waals surface area contributed by atoms with Gasteiger partial charge in [0.1, 0.15) is 5.75 Å². The van der Waals surface area contributed by atoms with Gasteiger partial charge in [-0.1, -0.05) is 18.2 Å². The van der Waals surface area contributed by atoms with E-state index in [-0.39, 0.29) is 18.1 Å². The number of nitrogens with zero attached hydrogens (tertiary/aromatic N) is 4. The largest absolute Gasteiger partial charge is 0.507 e. The number of rotatable bonds is 8. The van der Waals surface area contributed by atoms with Crippen molar-refractivity contribution in [2.45, 2.75) is 13.3 Å². The third-order valence-electron chi connectivity index (χ3n) is 3.59. The summed E-state index contributed by atoms with van der Waals surface area (Å²) in [6.07, 6.45) is 1.58. The number of hydrazone groups is 1. The summed E-state index contributed by atoms with van der Waals surface area (Å²) in [7, 11) is 0. The normalized spacial score (nSPS) is 11.2. The molecule has 148 valence electrons. The second-order valence-corrected chi connectivity index (χ2v) is 6.63. The van der Waals surface area contributed by atoms with Crippen molar-refractivity contribution in [1.29, 1.82) is 0 Å². The fourth-order valence-electron chi connectivity index (χ4n) is 2.27. The van der Waals surface area contributed by atoms with Crippen molar-refractivity contribution in [3.05, 3.63) is 65.2 Å². The number of anilines is 1. The van der Waals surface area contributed by atoms with Crippen LogP contribution >= 0.6 is 11.3 Å². The molecule has 29 heavy (non-hydrogen) atoms. The van der Waals surface area contributed by atoms with Crippen LogP contribution in [0.15, 0.2) is 69.2 Å². The first-order valence-electron chi connectivity index (χ1n) is 8.83. The van der Waals surface area contributed by atoms with Crippen molar-refractivity contribution < 1.29 is 14.6 Å². The number of carbonyl (C=O) groups is 1. The summed E-state index contributed by atoms with van der Waals surface area (Å²) < 4.78 is 4.90. The van der Waals surface area contributed by atoms with E-state index in [1.807, 2.05) is 30.3 Å². The second kappa shape index (κ2) is 10.1. The van der Waals surface area contributed by atoms with Crippen molar-refractivity contribution >= 4 is 40.0 Å². The van der Waals surface area contributed by atoms with Crippen LogP contribution in [0.4, 0.5) is 16.5 Å². The molecule has 0 saturated carbocycles. The average Bonchev–Trinajstić information content (AvgIpc) is 3.16. The van der Waals surface area contributed by atoms with E-state index >= 15 is 0 Å². The molecule has 3 rings (SSSR count). The van der Waals surface area contributed by atoms with Gasteiger partial charge in [-0.15, -0.1) is 11.3 Å². The highest BCUT2D eigenvalue weighted by Gasteiger charge is 2.08. The van der Waals surface area contributed by atoms with Crippen molar-refractivity contribution in [3.63, 3.8) is 0 Å². The maximum Gasteiger partial charge on any atom is 0.311 e. The molecule has 9 heteroatoms. The lowest BCUT2D eigenvalue weighted by atomic mass is 10.2. The van der Waals surface area contributed by atoms with Gasteiger partial charge >= 0.3 is 5.97 Å². The van der Waals surface area contributed by atoms with Crippen LogP contribution in [0.5, 0.6) is 5.75 Å². The maximum absolute atomic E-state index is 11.5. The SMILES string of the molecule is CCOC(=O)Cc1csc(NN=Cc2cc(N=Nc3ccccc3)ccc2O)n1. The van der Waals surface area contributed by atoms with E-state index in [0.717, 1.165) is 5.69 Å². The highest BCUT2D eigenvalue weighted by atomic mass is 32.1. The van der Waals surface area contributed by atoms with E-state index in [4.69, 9.17) is 4.74 Å². The molecule has 0 atom stereocenters. The minimum absolute atomic E-state index is 0.0661. The molecule has 0 unspecified atom stereocenters. The molecule has 0 amide bonds. The lowest BCUT2D eigenvalue weighted by Gasteiger charge is -2.00. The van der Waals surface area contributed by atoms with Crippen LogP contribution in [0.3, 0.4) is 0 Å². The summed E-state index contributed by atoms with van der Waals surface area (Å²) in [5.74, 6) is -0.254. The number of esters is 1. The fraction of sp³-hybridized carbons (Fsp3) is 0.150. The van der Waals surface area contributed by atoms with Gasteiger partial charge < -0.3 is 9.84 Å². The molecular weight excluding hydrogens is 390 g/mol. The molecule has 0 saturated heterocycles. The minimum Gasteiger partial charge on any atom is -0.507 e. The zero-order valence-electron chi connectivity index (χ0n) is 15.6. The van der Waals surface area contributed by atoms with E-state index in [1.165, 1.54) is 23.6 Å². The van der Waals surface area contributed by atoms with Crippen molar-refractivity contribution in [2.75, 3.05) is 12.0 Å². The summed E-state index contributed by atoms with van der Waals surface area (Å²) in [6, 6.07) is 14.2. The number of azo groups is 1. The molecule has 1 aromatic heterocycles. The number of phenolic OH excluding ortho intramolecular Hbond substituents is 1. The molecule has 0 spiro atoms. The molecule has 0 aliphatic carbocycles. The summed E-state index contributed by atoms with van der Waals surface area (Å²) in [6.45, 7) is 2.10. The number of thiazole rings is 1. The molecule has 0 aliphatic heterocycles. The van der Waals surface area contributed by atoms with Crippen molar-refractivity contribution in [3.8, 4) is 5.75 Å². The van der Waals surface area contributed by atoms with Crippen LogP contribution < -0.4 is 5.43 Å². The van der Waals surface area contributed by atoms with Gasteiger partial charge in [-0.2, -0.15) is 15.3 Å². The number of hydrogen-bond acceptors (Lipinski definition) is 9. The molecule has 1 heterocycles. The quantitative estimate of drug-likeness (QED) is 0.240. The van der Waals surface area contributed by atoms with E-state index in [0.29, 0.717) is 28.7 Å². The average molecular weight is 409 g/mol. The van der Waals surface area contributed by atoms with Crippen LogP contribution in [-0.4, -0.2) is 28.9 Å². The number of phenols is 1. The van der Waals surface area contributed by atoms with E-state index < -0.39 is 0 Å². The zero-order valence-corrected chi connectivity index (χ0v) is 16.5. The van der Waals surface area contributed by atoms with Gasteiger partial charge in [-0.05, 0) is 37.3 Å². The highest BCUT2D eigenvalue weighted by Crippen LogP contribution is 2.24. The first-order valence-corrected chi connectivity index (χ1v) is 9.71. The first kappa shape index (κ1) is 20.2. The predicted molar refractivity (Wildman–Crippen MR) is 112 cm³/mol. The number of hydrogen-bond donors (Lipinski definition) is 2. The van der Waals surface area contributed by atoms with Gasteiger partial charge in [-0.25, -0.2) is 4.98 Å². The number of nitrogens with one attached hydrogen (secondary N) is 1. The second-order valence-electron chi connectivity index (χ2n) is 5.77. The Bertz CT molecular complexity index is 1020. The standard InChI is InChI=1S/C20H19N5O3S/c1-2-28-19(27)11-17-13-29-20(22-17)25-21-12-14-10-16(8-9-18(14)26)24-23-15-6-4-3-5-7-15/h3-10,12-13,26H,2,11H2,1H3,(H,22,25). The lowest BCUT2D eigenvalue weighted by molar-refractivity contribution is -0.142. The molecule has 0 aliphatic rings. The van der Waals surface area contributed by atoms with Gasteiger partial charge in [0.15, 0.2) is 0 Å². The molecule has 3 aromatic rings. The third-order valence-corrected chi connectivity index (χ3v) is 4.39. The third kappa shape index (κ3) is 6.22. The van der Waals surface area contributed by atoms with Gasteiger partial charge in [0, 0.05) is 10.9 Å². The Morgan fingerprint density at radius 1 is 1.21 bits per heavy atom. The number of aromatic hydroxyl groups is 1. The van der Waals surface area contributed by atoms with E-state index in [2.05, 4.69) is 25.7 Å². The van der Waals surface area contributed by atoms with Crippen LogP contribution in [0.25, 0.3) is 0 Å². The van der Waals surface area contributed by atoms with Crippen molar-refractivity contribution in [1.82, 2.24) is 4.98 Å². The Kier molecular flexibility index (Phi) is 7.01. The van der Waals surface area contributed by atoms with Gasteiger partial charge in [0.2, 0.25) is 5.13 Å². The van der Waals surface area contributed by atoms with Crippen LogP contribution in [0.1, 0.15) is 18.2 Å². The Labute approximate surface area is 171 Å².